The van der Waals surface area contributed by atoms with Gasteiger partial charge in [-0.15, -0.1) is 0 Å². The molecule has 0 saturated heterocycles. The van der Waals surface area contributed by atoms with Crippen LogP contribution in [0.4, 0.5) is 0 Å². The molecule has 0 aromatic carbocycles. The van der Waals surface area contributed by atoms with Gasteiger partial charge in [0.1, 0.15) is 0 Å². The van der Waals surface area contributed by atoms with Crippen LogP contribution >= 0.6 is 0 Å². The van der Waals surface area contributed by atoms with Crippen LogP contribution in [0.3, 0.4) is 0 Å². The number of hydrogen-bond acceptors (Lipinski definition) is 4. The normalized spacial score (nSPS) is 38.7. The molecule has 1 heterocycles. The molecule has 0 aliphatic heterocycles. The van der Waals surface area contributed by atoms with E-state index in [-0.39, 0.29) is 5.91 Å². The largest absolute Gasteiger partial charge is 0.390 e. The average Bonchev–Trinajstić information content (AvgIpc) is 2.45. The minimum Gasteiger partial charge on any atom is -0.390 e. The zero-order chi connectivity index (χ0) is 14.4. The Kier molecular flexibility index (Phi) is 2.85. The van der Waals surface area contributed by atoms with E-state index in [9.17, 15) is 9.90 Å². The monoisotopic (exact) mass is 285 g/mol. The minimum atomic E-state index is -0.468. The number of pyridine rings is 1. The number of aromatic nitrogens is 1. The van der Waals surface area contributed by atoms with Crippen molar-refractivity contribution < 1.29 is 9.90 Å². The summed E-state index contributed by atoms with van der Waals surface area (Å²) in [5, 5.41) is 14.9. The van der Waals surface area contributed by atoms with E-state index in [1.54, 1.807) is 24.5 Å². The predicted molar refractivity (Wildman–Crippen MR) is 77.6 cm³/mol. The number of carbonyl (C=O) groups excluding carboxylic acids is 1. The van der Waals surface area contributed by atoms with Crippen molar-refractivity contribution in [1.29, 1.82) is 0 Å². The summed E-state index contributed by atoms with van der Waals surface area (Å²) < 4.78 is 0. The van der Waals surface area contributed by atoms with E-state index >= 15 is 0 Å². The number of nitrogens with zero attached hydrogens (tertiary/aromatic N) is 2. The third-order valence-corrected chi connectivity index (χ3v) is 5.22. The quantitative estimate of drug-likeness (QED) is 0.813. The van der Waals surface area contributed by atoms with Crippen LogP contribution in [-0.4, -0.2) is 27.3 Å². The van der Waals surface area contributed by atoms with Gasteiger partial charge in [-0.2, -0.15) is 5.10 Å². The number of rotatable bonds is 2. The SMILES string of the molecule is O=C(NN=C1[C@@H]2CC3C[C@H]1CC(O)(C3)C2)c1ccncc1. The van der Waals surface area contributed by atoms with Crippen molar-refractivity contribution in [3.05, 3.63) is 30.1 Å². The average molecular weight is 285 g/mol. The maximum atomic E-state index is 12.0. The Morgan fingerprint density at radius 3 is 2.52 bits per heavy atom. The molecule has 2 unspecified atom stereocenters. The van der Waals surface area contributed by atoms with Crippen LogP contribution in [-0.2, 0) is 0 Å². The van der Waals surface area contributed by atoms with Crippen LogP contribution in [0.15, 0.2) is 29.6 Å². The fourth-order valence-electron chi connectivity index (χ4n) is 4.59. The summed E-state index contributed by atoms with van der Waals surface area (Å²) >= 11 is 0. The Bertz CT molecular complexity index is 581. The van der Waals surface area contributed by atoms with Crippen LogP contribution in [0, 0.1) is 17.8 Å². The van der Waals surface area contributed by atoms with Gasteiger partial charge in [0.25, 0.3) is 5.91 Å². The lowest BCUT2D eigenvalue weighted by atomic mass is 9.53. The highest BCUT2D eigenvalue weighted by atomic mass is 16.3. The first kappa shape index (κ1) is 13.0. The molecule has 0 radical (unpaired) electrons. The number of carbonyl (C=O) groups is 1. The van der Waals surface area contributed by atoms with Crippen LogP contribution < -0.4 is 5.43 Å². The Morgan fingerprint density at radius 2 is 1.90 bits per heavy atom. The second-order valence-corrected chi connectivity index (χ2v) is 6.78. The molecule has 4 aliphatic rings. The molecular formula is C16H19N3O2. The number of amides is 1. The van der Waals surface area contributed by atoms with Gasteiger partial charge in [-0.1, -0.05) is 0 Å². The van der Waals surface area contributed by atoms with Crippen molar-refractivity contribution >= 4 is 11.6 Å². The number of nitrogens with one attached hydrogen (secondary N) is 1. The molecule has 0 spiro atoms. The van der Waals surface area contributed by atoms with Gasteiger partial charge in [0.05, 0.1) is 5.60 Å². The molecule has 4 atom stereocenters. The van der Waals surface area contributed by atoms with Crippen molar-refractivity contribution in [2.24, 2.45) is 22.9 Å². The maximum absolute atomic E-state index is 12.0. The van der Waals surface area contributed by atoms with E-state index in [1.165, 1.54) is 0 Å². The molecule has 5 rings (SSSR count). The van der Waals surface area contributed by atoms with Crippen LogP contribution in [0.25, 0.3) is 0 Å². The molecule has 4 fully saturated rings. The molecule has 1 aromatic heterocycles. The smallest absolute Gasteiger partial charge is 0.271 e. The van der Waals surface area contributed by atoms with Gasteiger partial charge in [-0.3, -0.25) is 9.78 Å². The van der Waals surface area contributed by atoms with Crippen molar-refractivity contribution in [1.82, 2.24) is 10.4 Å². The summed E-state index contributed by atoms with van der Waals surface area (Å²) in [7, 11) is 0. The van der Waals surface area contributed by atoms with Crippen LogP contribution in [0.1, 0.15) is 42.5 Å². The second kappa shape index (κ2) is 4.63. The number of aliphatic hydroxyl groups is 1. The van der Waals surface area contributed by atoms with Crippen molar-refractivity contribution in [3.63, 3.8) is 0 Å². The summed E-state index contributed by atoms with van der Waals surface area (Å²) in [5.74, 6) is 1.14. The van der Waals surface area contributed by atoms with Gasteiger partial charge in [0, 0.05) is 35.5 Å². The Hall–Kier alpha value is -1.75. The molecule has 21 heavy (non-hydrogen) atoms. The van der Waals surface area contributed by atoms with Gasteiger partial charge >= 0.3 is 0 Å². The zero-order valence-electron chi connectivity index (χ0n) is 11.8. The molecule has 2 N–H and O–H groups in total. The first-order valence-electron chi connectivity index (χ1n) is 7.63. The zero-order valence-corrected chi connectivity index (χ0v) is 11.8. The van der Waals surface area contributed by atoms with Crippen LogP contribution in [0.5, 0.6) is 0 Å². The molecule has 4 aliphatic carbocycles. The lowest BCUT2D eigenvalue weighted by Gasteiger charge is -2.54. The standard InChI is InChI=1S/C16H19N3O2/c20-15(11-1-3-17-4-2-11)19-18-14-12-5-10-6-13(14)9-16(21,7-10)8-12/h1-4,10,12-13,21H,5-9H2,(H,19,20)/t10?,12-,13+,16?. The van der Waals surface area contributed by atoms with E-state index in [0.717, 1.165) is 37.8 Å². The third-order valence-electron chi connectivity index (χ3n) is 5.22. The first-order valence-corrected chi connectivity index (χ1v) is 7.63. The second-order valence-electron chi connectivity index (χ2n) is 6.78. The summed E-state index contributed by atoms with van der Waals surface area (Å²) in [6.45, 7) is 0. The van der Waals surface area contributed by atoms with E-state index in [0.29, 0.717) is 23.3 Å². The van der Waals surface area contributed by atoms with E-state index in [4.69, 9.17) is 0 Å². The maximum Gasteiger partial charge on any atom is 0.271 e. The third kappa shape index (κ3) is 2.25. The Labute approximate surface area is 123 Å². The molecule has 4 saturated carbocycles. The Balaban J connectivity index is 1.51. The molecule has 5 nitrogen and oxygen atoms in total. The van der Waals surface area contributed by atoms with Gasteiger partial charge in [0.15, 0.2) is 0 Å². The Morgan fingerprint density at radius 1 is 1.24 bits per heavy atom. The summed E-state index contributed by atoms with van der Waals surface area (Å²) in [6.07, 6.45) is 8.00. The first-order chi connectivity index (χ1) is 10.1. The topological polar surface area (TPSA) is 74.6 Å². The van der Waals surface area contributed by atoms with Gasteiger partial charge < -0.3 is 5.11 Å². The molecule has 110 valence electrons. The van der Waals surface area contributed by atoms with Gasteiger partial charge in [0.2, 0.25) is 0 Å². The van der Waals surface area contributed by atoms with Crippen molar-refractivity contribution in [2.75, 3.05) is 0 Å². The van der Waals surface area contributed by atoms with E-state index in [2.05, 4.69) is 15.5 Å². The molecule has 1 amide bonds. The highest BCUT2D eigenvalue weighted by Gasteiger charge is 2.53. The van der Waals surface area contributed by atoms with Crippen molar-refractivity contribution in [3.8, 4) is 0 Å². The number of hydrazone groups is 1. The van der Waals surface area contributed by atoms with Crippen LogP contribution in [0.2, 0.25) is 0 Å². The van der Waals surface area contributed by atoms with Crippen molar-refractivity contribution in [2.45, 2.75) is 37.7 Å². The minimum absolute atomic E-state index is 0.197. The highest BCUT2D eigenvalue weighted by molar-refractivity contribution is 5.96. The summed E-state index contributed by atoms with van der Waals surface area (Å²) in [6, 6.07) is 3.35. The fourth-order valence-corrected chi connectivity index (χ4v) is 4.59. The highest BCUT2D eigenvalue weighted by Crippen LogP contribution is 2.54. The van der Waals surface area contributed by atoms with E-state index in [1.807, 2.05) is 0 Å². The van der Waals surface area contributed by atoms with Gasteiger partial charge in [-0.25, -0.2) is 5.43 Å². The van der Waals surface area contributed by atoms with E-state index < -0.39 is 5.60 Å². The lowest BCUT2D eigenvalue weighted by molar-refractivity contribution is -0.0825. The summed E-state index contributed by atoms with van der Waals surface area (Å²) in [5.41, 5.74) is 3.87. The molecular weight excluding hydrogens is 266 g/mol. The predicted octanol–water partition coefficient (Wildman–Crippen LogP) is 1.74. The summed E-state index contributed by atoms with van der Waals surface area (Å²) in [4.78, 5) is 15.9. The lowest BCUT2D eigenvalue weighted by Crippen LogP contribution is -2.55. The number of hydrogen-bond donors (Lipinski definition) is 2. The molecule has 4 bridgehead atoms. The van der Waals surface area contributed by atoms with Gasteiger partial charge in [-0.05, 0) is 50.2 Å². The molecule has 1 aromatic rings. The fraction of sp³-hybridized carbons (Fsp3) is 0.562. The molecule has 5 heteroatoms.